The molecule has 2 nitrogen and oxygen atoms in total. The molecule has 2 N–H and O–H groups in total. The zero-order valence-corrected chi connectivity index (χ0v) is 13.6. The van der Waals surface area contributed by atoms with Gasteiger partial charge in [0.1, 0.15) is 0 Å². The summed E-state index contributed by atoms with van der Waals surface area (Å²) >= 11 is 3.59. The average molecular weight is 333 g/mol. The van der Waals surface area contributed by atoms with Crippen molar-refractivity contribution >= 4 is 21.6 Å². The summed E-state index contributed by atoms with van der Waals surface area (Å²) in [6, 6.07) is 17.0. The average Bonchev–Trinajstić information content (AvgIpc) is 2.49. The van der Waals surface area contributed by atoms with Crippen molar-refractivity contribution in [3.8, 4) is 0 Å². The standard InChI is InChI=1S/C17H21BrN2/c1-3-17(19)13-8-10-15(11-9-13)20(2)12-14-6-4-5-7-16(14)18/h4-11,17H,3,12,19H2,1-2H3. The van der Waals surface area contributed by atoms with E-state index in [1.54, 1.807) is 0 Å². The van der Waals surface area contributed by atoms with E-state index in [2.05, 4.69) is 77.3 Å². The van der Waals surface area contributed by atoms with Crippen molar-refractivity contribution in [1.29, 1.82) is 0 Å². The van der Waals surface area contributed by atoms with Crippen LogP contribution in [-0.4, -0.2) is 7.05 Å². The Labute approximate surface area is 129 Å². The van der Waals surface area contributed by atoms with E-state index in [-0.39, 0.29) is 6.04 Å². The minimum atomic E-state index is 0.137. The minimum Gasteiger partial charge on any atom is -0.370 e. The molecule has 0 bridgehead atoms. The van der Waals surface area contributed by atoms with Gasteiger partial charge in [0, 0.05) is 29.8 Å². The third-order valence-corrected chi connectivity index (χ3v) is 4.34. The summed E-state index contributed by atoms with van der Waals surface area (Å²) < 4.78 is 1.15. The zero-order chi connectivity index (χ0) is 14.5. The summed E-state index contributed by atoms with van der Waals surface area (Å²) in [5, 5.41) is 0. The van der Waals surface area contributed by atoms with E-state index in [0.717, 1.165) is 17.4 Å². The molecule has 0 aliphatic carbocycles. The Bertz CT molecular complexity index is 551. The molecule has 0 heterocycles. The summed E-state index contributed by atoms with van der Waals surface area (Å²) in [6.45, 7) is 2.98. The summed E-state index contributed by atoms with van der Waals surface area (Å²) in [4.78, 5) is 2.24. The molecular weight excluding hydrogens is 312 g/mol. The molecule has 2 aromatic carbocycles. The Kier molecular flexibility index (Phi) is 5.21. The van der Waals surface area contributed by atoms with Gasteiger partial charge in [-0.25, -0.2) is 0 Å². The monoisotopic (exact) mass is 332 g/mol. The maximum atomic E-state index is 6.04. The van der Waals surface area contributed by atoms with Crippen molar-refractivity contribution < 1.29 is 0 Å². The molecule has 1 atom stereocenters. The highest BCUT2D eigenvalue weighted by atomic mass is 79.9. The van der Waals surface area contributed by atoms with Gasteiger partial charge in [0.2, 0.25) is 0 Å². The van der Waals surface area contributed by atoms with Gasteiger partial charge in [0.25, 0.3) is 0 Å². The fraction of sp³-hybridized carbons (Fsp3) is 0.294. The molecule has 2 aromatic rings. The number of nitrogens with zero attached hydrogens (tertiary/aromatic N) is 1. The minimum absolute atomic E-state index is 0.137. The van der Waals surface area contributed by atoms with Crippen LogP contribution in [0.15, 0.2) is 53.0 Å². The van der Waals surface area contributed by atoms with E-state index in [0.29, 0.717) is 0 Å². The molecule has 0 saturated heterocycles. The van der Waals surface area contributed by atoms with Crippen molar-refractivity contribution in [3.05, 3.63) is 64.1 Å². The number of halogens is 1. The Morgan fingerprint density at radius 1 is 1.10 bits per heavy atom. The van der Waals surface area contributed by atoms with E-state index in [4.69, 9.17) is 5.73 Å². The molecule has 0 aliphatic heterocycles. The lowest BCUT2D eigenvalue weighted by Gasteiger charge is -2.21. The van der Waals surface area contributed by atoms with Crippen molar-refractivity contribution in [2.24, 2.45) is 5.73 Å². The maximum Gasteiger partial charge on any atom is 0.0437 e. The number of anilines is 1. The van der Waals surface area contributed by atoms with Crippen LogP contribution in [0.25, 0.3) is 0 Å². The predicted molar refractivity (Wildman–Crippen MR) is 89.9 cm³/mol. The van der Waals surface area contributed by atoms with Crippen LogP contribution >= 0.6 is 15.9 Å². The lowest BCUT2D eigenvalue weighted by atomic mass is 10.1. The second kappa shape index (κ2) is 6.91. The SMILES string of the molecule is CCC(N)c1ccc(N(C)Cc2ccccc2Br)cc1. The van der Waals surface area contributed by atoms with Crippen molar-refractivity contribution in [2.75, 3.05) is 11.9 Å². The first-order valence-electron chi connectivity index (χ1n) is 6.92. The second-order valence-corrected chi connectivity index (χ2v) is 5.91. The molecule has 0 fully saturated rings. The first kappa shape index (κ1) is 15.1. The molecule has 106 valence electrons. The first-order valence-corrected chi connectivity index (χ1v) is 7.71. The lowest BCUT2D eigenvalue weighted by molar-refractivity contribution is 0.698. The number of rotatable bonds is 5. The van der Waals surface area contributed by atoms with Gasteiger partial charge in [-0.2, -0.15) is 0 Å². The summed E-state index contributed by atoms with van der Waals surface area (Å²) in [7, 11) is 2.11. The fourth-order valence-electron chi connectivity index (χ4n) is 2.19. The van der Waals surface area contributed by atoms with Gasteiger partial charge in [0.15, 0.2) is 0 Å². The fourth-order valence-corrected chi connectivity index (χ4v) is 2.60. The van der Waals surface area contributed by atoms with E-state index in [1.807, 2.05) is 6.07 Å². The Morgan fingerprint density at radius 2 is 1.75 bits per heavy atom. The van der Waals surface area contributed by atoms with E-state index >= 15 is 0 Å². The topological polar surface area (TPSA) is 29.3 Å². The molecule has 0 aromatic heterocycles. The van der Waals surface area contributed by atoms with Gasteiger partial charge >= 0.3 is 0 Å². The predicted octanol–water partition coefficient (Wildman–Crippen LogP) is 4.50. The van der Waals surface area contributed by atoms with Crippen LogP contribution in [0.1, 0.15) is 30.5 Å². The number of benzene rings is 2. The highest BCUT2D eigenvalue weighted by Crippen LogP contribution is 2.23. The zero-order valence-electron chi connectivity index (χ0n) is 12.0. The Hall–Kier alpha value is -1.32. The summed E-state index contributed by atoms with van der Waals surface area (Å²) in [5.41, 5.74) is 9.73. The van der Waals surface area contributed by atoms with Crippen LogP contribution in [0.2, 0.25) is 0 Å². The van der Waals surface area contributed by atoms with Gasteiger partial charge in [-0.05, 0) is 35.7 Å². The molecule has 20 heavy (non-hydrogen) atoms. The third kappa shape index (κ3) is 3.62. The van der Waals surface area contributed by atoms with Crippen LogP contribution in [0.5, 0.6) is 0 Å². The largest absolute Gasteiger partial charge is 0.370 e. The van der Waals surface area contributed by atoms with Gasteiger partial charge in [0.05, 0.1) is 0 Å². The molecule has 0 saturated carbocycles. The molecule has 2 rings (SSSR count). The van der Waals surface area contributed by atoms with Crippen molar-refractivity contribution in [3.63, 3.8) is 0 Å². The van der Waals surface area contributed by atoms with Gasteiger partial charge < -0.3 is 10.6 Å². The maximum absolute atomic E-state index is 6.04. The quantitative estimate of drug-likeness (QED) is 0.873. The third-order valence-electron chi connectivity index (χ3n) is 3.57. The smallest absolute Gasteiger partial charge is 0.0437 e. The van der Waals surface area contributed by atoms with Gasteiger partial charge in [-0.15, -0.1) is 0 Å². The van der Waals surface area contributed by atoms with E-state index in [1.165, 1.54) is 16.8 Å². The highest BCUT2D eigenvalue weighted by Gasteiger charge is 2.07. The van der Waals surface area contributed by atoms with Gasteiger partial charge in [-0.3, -0.25) is 0 Å². The van der Waals surface area contributed by atoms with Crippen LogP contribution in [0.4, 0.5) is 5.69 Å². The summed E-state index contributed by atoms with van der Waals surface area (Å²) in [6.07, 6.45) is 0.964. The highest BCUT2D eigenvalue weighted by molar-refractivity contribution is 9.10. The number of hydrogen-bond acceptors (Lipinski definition) is 2. The normalized spacial score (nSPS) is 12.2. The van der Waals surface area contributed by atoms with Crippen LogP contribution in [-0.2, 0) is 6.54 Å². The summed E-state index contributed by atoms with van der Waals surface area (Å²) in [5.74, 6) is 0. The molecule has 0 amide bonds. The second-order valence-electron chi connectivity index (χ2n) is 5.05. The molecule has 0 spiro atoms. The van der Waals surface area contributed by atoms with Crippen LogP contribution in [0, 0.1) is 0 Å². The van der Waals surface area contributed by atoms with E-state index < -0.39 is 0 Å². The molecule has 3 heteroatoms. The molecule has 0 aliphatic rings. The van der Waals surface area contributed by atoms with Crippen molar-refractivity contribution in [1.82, 2.24) is 0 Å². The molecular formula is C17H21BrN2. The number of nitrogens with two attached hydrogens (primary N) is 1. The van der Waals surface area contributed by atoms with Crippen molar-refractivity contribution in [2.45, 2.75) is 25.9 Å². The lowest BCUT2D eigenvalue weighted by Crippen LogP contribution is -2.17. The number of hydrogen-bond donors (Lipinski definition) is 1. The molecule has 0 radical (unpaired) electrons. The van der Waals surface area contributed by atoms with Crippen LogP contribution in [0.3, 0.4) is 0 Å². The Morgan fingerprint density at radius 3 is 2.35 bits per heavy atom. The molecule has 1 unspecified atom stereocenters. The van der Waals surface area contributed by atoms with Crippen LogP contribution < -0.4 is 10.6 Å². The Balaban J connectivity index is 2.10. The first-order chi connectivity index (χ1) is 9.61. The van der Waals surface area contributed by atoms with Gasteiger partial charge in [-0.1, -0.05) is 53.2 Å². The van der Waals surface area contributed by atoms with E-state index in [9.17, 15) is 0 Å².